The highest BCUT2D eigenvalue weighted by Gasteiger charge is 2.25. The lowest BCUT2D eigenvalue weighted by atomic mass is 10.0. The lowest BCUT2D eigenvalue weighted by Crippen LogP contribution is -2.40. The van der Waals surface area contributed by atoms with Crippen molar-refractivity contribution in [1.82, 2.24) is 19.9 Å². The first-order valence-electron chi connectivity index (χ1n) is 8.01. The summed E-state index contributed by atoms with van der Waals surface area (Å²) in [5, 5.41) is 3.82. The molecule has 2 aliphatic heterocycles. The van der Waals surface area contributed by atoms with E-state index in [0.717, 1.165) is 38.4 Å². The van der Waals surface area contributed by atoms with E-state index >= 15 is 0 Å². The SMILES string of the molecule is CC1=C(N2CCc3ncccc3C2)N(Cc2ccno2)CC=C1. The molecule has 4 heterocycles. The number of nitrogens with zero attached hydrogens (tertiary/aromatic N) is 4. The lowest BCUT2D eigenvalue weighted by Gasteiger charge is -2.40. The van der Waals surface area contributed by atoms with Gasteiger partial charge in [-0.2, -0.15) is 0 Å². The van der Waals surface area contributed by atoms with Gasteiger partial charge in [-0.25, -0.2) is 0 Å². The molecule has 5 heteroatoms. The number of rotatable bonds is 3. The van der Waals surface area contributed by atoms with E-state index in [0.29, 0.717) is 0 Å². The predicted octanol–water partition coefficient (Wildman–Crippen LogP) is 2.73. The zero-order valence-corrected chi connectivity index (χ0v) is 13.3. The number of fused-ring (bicyclic) bond motifs is 1. The third-order valence-corrected chi connectivity index (χ3v) is 4.45. The van der Waals surface area contributed by atoms with Gasteiger partial charge < -0.3 is 14.3 Å². The van der Waals surface area contributed by atoms with Crippen LogP contribution in [0.25, 0.3) is 0 Å². The molecule has 0 bridgehead atoms. The molecule has 0 saturated carbocycles. The summed E-state index contributed by atoms with van der Waals surface area (Å²) >= 11 is 0. The van der Waals surface area contributed by atoms with Gasteiger partial charge in [0.2, 0.25) is 0 Å². The summed E-state index contributed by atoms with van der Waals surface area (Å²) in [7, 11) is 0. The molecule has 2 aromatic rings. The summed E-state index contributed by atoms with van der Waals surface area (Å²) < 4.78 is 5.30. The molecule has 0 aliphatic carbocycles. The smallest absolute Gasteiger partial charge is 0.156 e. The minimum Gasteiger partial charge on any atom is -0.360 e. The van der Waals surface area contributed by atoms with Crippen LogP contribution in [0.5, 0.6) is 0 Å². The molecule has 0 saturated heterocycles. The molecule has 0 radical (unpaired) electrons. The summed E-state index contributed by atoms with van der Waals surface area (Å²) in [6.07, 6.45) is 9.00. The van der Waals surface area contributed by atoms with Crippen molar-refractivity contribution < 1.29 is 4.52 Å². The largest absolute Gasteiger partial charge is 0.360 e. The van der Waals surface area contributed by atoms with Crippen molar-refractivity contribution in [2.75, 3.05) is 13.1 Å². The maximum absolute atomic E-state index is 5.30. The predicted molar refractivity (Wildman–Crippen MR) is 87.1 cm³/mol. The molecule has 118 valence electrons. The van der Waals surface area contributed by atoms with E-state index in [4.69, 9.17) is 4.52 Å². The summed E-state index contributed by atoms with van der Waals surface area (Å²) in [5.74, 6) is 2.18. The Morgan fingerprint density at radius 2 is 2.22 bits per heavy atom. The zero-order chi connectivity index (χ0) is 15.6. The summed E-state index contributed by atoms with van der Waals surface area (Å²) in [5.41, 5.74) is 3.85. The summed E-state index contributed by atoms with van der Waals surface area (Å²) in [6, 6.07) is 6.14. The van der Waals surface area contributed by atoms with E-state index < -0.39 is 0 Å². The second-order valence-corrected chi connectivity index (χ2v) is 6.05. The first-order chi connectivity index (χ1) is 11.3. The molecule has 0 fully saturated rings. The minimum absolute atomic E-state index is 0.743. The topological polar surface area (TPSA) is 45.4 Å². The Bertz CT molecular complexity index is 748. The average Bonchev–Trinajstić information content (AvgIpc) is 3.08. The molecule has 5 nitrogen and oxygen atoms in total. The van der Waals surface area contributed by atoms with Crippen molar-refractivity contribution in [3.05, 3.63) is 71.2 Å². The third-order valence-electron chi connectivity index (χ3n) is 4.45. The molecule has 0 unspecified atom stereocenters. The van der Waals surface area contributed by atoms with Gasteiger partial charge >= 0.3 is 0 Å². The Hall–Kier alpha value is -2.56. The summed E-state index contributed by atoms with van der Waals surface area (Å²) in [4.78, 5) is 9.32. The molecule has 4 rings (SSSR count). The van der Waals surface area contributed by atoms with Crippen molar-refractivity contribution >= 4 is 0 Å². The second kappa shape index (κ2) is 5.91. The van der Waals surface area contributed by atoms with Crippen LogP contribution in [-0.4, -0.2) is 33.0 Å². The first-order valence-corrected chi connectivity index (χ1v) is 8.01. The average molecular weight is 308 g/mol. The van der Waals surface area contributed by atoms with Crippen LogP contribution in [0.1, 0.15) is 23.9 Å². The zero-order valence-electron chi connectivity index (χ0n) is 13.3. The Labute approximate surface area is 135 Å². The van der Waals surface area contributed by atoms with Crippen LogP contribution < -0.4 is 0 Å². The van der Waals surface area contributed by atoms with E-state index in [-0.39, 0.29) is 0 Å². The highest BCUT2D eigenvalue weighted by molar-refractivity contribution is 5.30. The van der Waals surface area contributed by atoms with Gasteiger partial charge in [0.1, 0.15) is 5.82 Å². The molecule has 2 aliphatic rings. The Morgan fingerprint density at radius 3 is 3.09 bits per heavy atom. The Morgan fingerprint density at radius 1 is 1.26 bits per heavy atom. The van der Waals surface area contributed by atoms with Crippen molar-refractivity contribution in [2.45, 2.75) is 26.4 Å². The molecule has 0 amide bonds. The van der Waals surface area contributed by atoms with E-state index in [1.54, 1.807) is 6.20 Å². The third kappa shape index (κ3) is 2.74. The van der Waals surface area contributed by atoms with Gasteiger partial charge in [0, 0.05) is 44.0 Å². The lowest BCUT2D eigenvalue weighted by molar-refractivity contribution is 0.183. The molecule has 0 atom stereocenters. The van der Waals surface area contributed by atoms with Crippen molar-refractivity contribution in [3.8, 4) is 0 Å². The van der Waals surface area contributed by atoms with E-state index in [9.17, 15) is 0 Å². The summed E-state index contributed by atoms with van der Waals surface area (Å²) in [6.45, 7) is 5.72. The fourth-order valence-corrected chi connectivity index (χ4v) is 3.41. The fraction of sp³-hybridized carbons (Fsp3) is 0.333. The van der Waals surface area contributed by atoms with Crippen LogP contribution in [0.2, 0.25) is 0 Å². The quantitative estimate of drug-likeness (QED) is 0.872. The maximum Gasteiger partial charge on any atom is 0.156 e. The molecule has 0 aromatic carbocycles. The van der Waals surface area contributed by atoms with Crippen molar-refractivity contribution in [1.29, 1.82) is 0 Å². The number of aromatic nitrogens is 2. The standard InChI is InChI=1S/C18H20N4O/c1-14-4-3-10-21(13-16-6-9-20-23-16)18(14)22-11-7-17-15(12-22)5-2-8-19-17/h2-6,8-9H,7,10-13H2,1H3. The fourth-order valence-electron chi connectivity index (χ4n) is 3.41. The molecular formula is C18H20N4O. The van der Waals surface area contributed by atoms with Gasteiger partial charge in [-0.3, -0.25) is 4.98 Å². The first kappa shape index (κ1) is 14.1. The molecule has 0 spiro atoms. The van der Waals surface area contributed by atoms with E-state index in [2.05, 4.69) is 45.1 Å². The van der Waals surface area contributed by atoms with Gasteiger partial charge in [0.15, 0.2) is 5.76 Å². The van der Waals surface area contributed by atoms with Crippen LogP contribution in [0.3, 0.4) is 0 Å². The number of hydrogen-bond donors (Lipinski definition) is 0. The van der Waals surface area contributed by atoms with Gasteiger partial charge in [-0.05, 0) is 24.1 Å². The van der Waals surface area contributed by atoms with Gasteiger partial charge in [-0.15, -0.1) is 0 Å². The minimum atomic E-state index is 0.743. The molecule has 0 N–H and O–H groups in total. The number of allylic oxidation sites excluding steroid dienone is 2. The van der Waals surface area contributed by atoms with Crippen LogP contribution in [0.15, 0.2) is 58.7 Å². The molecule has 2 aromatic heterocycles. The second-order valence-electron chi connectivity index (χ2n) is 6.05. The maximum atomic E-state index is 5.30. The highest BCUT2D eigenvalue weighted by Crippen LogP contribution is 2.27. The van der Waals surface area contributed by atoms with E-state index in [1.165, 1.54) is 22.7 Å². The van der Waals surface area contributed by atoms with E-state index in [1.807, 2.05) is 18.3 Å². The highest BCUT2D eigenvalue weighted by atomic mass is 16.5. The molecule has 23 heavy (non-hydrogen) atoms. The van der Waals surface area contributed by atoms with Crippen LogP contribution in [0.4, 0.5) is 0 Å². The van der Waals surface area contributed by atoms with Crippen LogP contribution in [-0.2, 0) is 19.5 Å². The van der Waals surface area contributed by atoms with Crippen molar-refractivity contribution in [3.63, 3.8) is 0 Å². The van der Waals surface area contributed by atoms with Gasteiger partial charge in [0.25, 0.3) is 0 Å². The number of pyridine rings is 1. The number of hydrogen-bond acceptors (Lipinski definition) is 5. The van der Waals surface area contributed by atoms with Gasteiger partial charge in [-0.1, -0.05) is 23.4 Å². The van der Waals surface area contributed by atoms with Gasteiger partial charge in [0.05, 0.1) is 12.7 Å². The Kier molecular flexibility index (Phi) is 3.61. The van der Waals surface area contributed by atoms with Crippen LogP contribution in [0, 0.1) is 0 Å². The van der Waals surface area contributed by atoms with Crippen LogP contribution >= 0.6 is 0 Å². The Balaban J connectivity index is 1.61. The van der Waals surface area contributed by atoms with Crippen molar-refractivity contribution in [2.24, 2.45) is 0 Å². The normalized spacial score (nSPS) is 17.6. The monoisotopic (exact) mass is 308 g/mol. The molecular weight excluding hydrogens is 288 g/mol.